The summed E-state index contributed by atoms with van der Waals surface area (Å²) in [5, 5.41) is 4.61. The van der Waals surface area contributed by atoms with Gasteiger partial charge >= 0.3 is 0 Å². The van der Waals surface area contributed by atoms with Crippen LogP contribution in [0.15, 0.2) is 30.3 Å². The summed E-state index contributed by atoms with van der Waals surface area (Å²) in [5.41, 5.74) is 3.50. The fourth-order valence-corrected chi connectivity index (χ4v) is 2.88. The van der Waals surface area contributed by atoms with Crippen LogP contribution in [0.2, 0.25) is 0 Å². The molecular weight excluding hydrogens is 240 g/mol. The van der Waals surface area contributed by atoms with E-state index in [-0.39, 0.29) is 0 Å². The van der Waals surface area contributed by atoms with Gasteiger partial charge in [-0.1, -0.05) is 19.1 Å². The van der Waals surface area contributed by atoms with E-state index in [4.69, 9.17) is 0 Å². The van der Waals surface area contributed by atoms with E-state index in [9.17, 15) is 0 Å². The van der Waals surface area contributed by atoms with Crippen LogP contribution in [0.25, 0.3) is 10.9 Å². The second-order valence-corrected chi connectivity index (χ2v) is 5.72. The first kappa shape index (κ1) is 13.4. The predicted octanol–water partition coefficient (Wildman–Crippen LogP) is 3.56. The van der Waals surface area contributed by atoms with Crippen LogP contribution in [-0.4, -0.2) is 23.5 Å². The molecule has 1 aromatic carbocycles. The summed E-state index contributed by atoms with van der Waals surface area (Å²) in [7, 11) is 2.03. The van der Waals surface area contributed by atoms with Crippen LogP contribution in [0.1, 0.15) is 24.2 Å². The number of fused-ring (bicyclic) bond motifs is 1. The fraction of sp³-hybridized carbons (Fsp3) is 0.400. The van der Waals surface area contributed by atoms with Gasteiger partial charge < -0.3 is 5.32 Å². The summed E-state index contributed by atoms with van der Waals surface area (Å²) in [5.74, 6) is 2.27. The van der Waals surface area contributed by atoms with E-state index in [1.54, 1.807) is 0 Å². The monoisotopic (exact) mass is 260 g/mol. The molecular formula is C15H20N2S. The van der Waals surface area contributed by atoms with Crippen molar-refractivity contribution in [2.75, 3.05) is 18.6 Å². The molecule has 0 fully saturated rings. The third kappa shape index (κ3) is 3.03. The third-order valence-corrected chi connectivity index (χ3v) is 4.07. The molecule has 0 aliphatic carbocycles. The van der Waals surface area contributed by atoms with Crippen molar-refractivity contribution in [1.29, 1.82) is 0 Å². The lowest BCUT2D eigenvalue weighted by atomic mass is 10.1. The number of rotatable bonds is 5. The molecule has 96 valence electrons. The Labute approximate surface area is 113 Å². The number of aryl methyl sites for hydroxylation is 1. The second-order valence-electron chi connectivity index (χ2n) is 4.41. The number of hydrogen-bond donors (Lipinski definition) is 1. The van der Waals surface area contributed by atoms with E-state index < -0.39 is 0 Å². The van der Waals surface area contributed by atoms with Crippen LogP contribution < -0.4 is 5.32 Å². The van der Waals surface area contributed by atoms with Gasteiger partial charge in [-0.05, 0) is 43.5 Å². The molecule has 2 rings (SSSR count). The standard InChI is InChI=1S/C15H20N2S/c1-4-18-10-15(16-3)13-7-8-14-12(9-13)6-5-11(2)17-14/h5-9,15-16H,4,10H2,1-3H3. The molecule has 1 aromatic heterocycles. The lowest BCUT2D eigenvalue weighted by Crippen LogP contribution is -2.18. The molecule has 1 heterocycles. The molecule has 1 atom stereocenters. The molecule has 0 radical (unpaired) electrons. The number of pyridine rings is 1. The lowest BCUT2D eigenvalue weighted by molar-refractivity contribution is 0.663. The molecule has 1 unspecified atom stereocenters. The summed E-state index contributed by atoms with van der Waals surface area (Å²) in [6.45, 7) is 4.23. The van der Waals surface area contributed by atoms with Crippen molar-refractivity contribution in [1.82, 2.24) is 10.3 Å². The van der Waals surface area contributed by atoms with Crippen LogP contribution in [0, 0.1) is 6.92 Å². The quantitative estimate of drug-likeness (QED) is 0.890. The SMILES string of the molecule is CCSCC(NC)c1ccc2nc(C)ccc2c1. The zero-order chi connectivity index (χ0) is 13.0. The second kappa shape index (κ2) is 6.21. The van der Waals surface area contributed by atoms with Crippen LogP contribution in [0.3, 0.4) is 0 Å². The van der Waals surface area contributed by atoms with Crippen LogP contribution in [-0.2, 0) is 0 Å². The molecule has 0 spiro atoms. The number of nitrogens with zero attached hydrogens (tertiary/aromatic N) is 1. The van der Waals surface area contributed by atoms with Gasteiger partial charge in [0.25, 0.3) is 0 Å². The average Bonchev–Trinajstić information content (AvgIpc) is 2.39. The van der Waals surface area contributed by atoms with Crippen molar-refractivity contribution in [2.24, 2.45) is 0 Å². The van der Waals surface area contributed by atoms with Crippen molar-refractivity contribution in [2.45, 2.75) is 19.9 Å². The Hall–Kier alpha value is -1.06. The summed E-state index contributed by atoms with van der Waals surface area (Å²) in [4.78, 5) is 4.54. The molecule has 1 N–H and O–H groups in total. The summed E-state index contributed by atoms with van der Waals surface area (Å²) in [6.07, 6.45) is 0. The number of nitrogens with one attached hydrogen (secondary N) is 1. The van der Waals surface area contributed by atoms with E-state index in [1.807, 2.05) is 25.7 Å². The first-order valence-electron chi connectivity index (χ1n) is 6.37. The Balaban J connectivity index is 2.30. The Morgan fingerprint density at radius 2 is 2.11 bits per heavy atom. The number of thioether (sulfide) groups is 1. The molecule has 18 heavy (non-hydrogen) atoms. The van der Waals surface area contributed by atoms with Gasteiger partial charge in [0.2, 0.25) is 0 Å². The predicted molar refractivity (Wildman–Crippen MR) is 81.3 cm³/mol. The number of hydrogen-bond acceptors (Lipinski definition) is 3. The largest absolute Gasteiger partial charge is 0.312 e. The zero-order valence-corrected chi connectivity index (χ0v) is 12.1. The van der Waals surface area contributed by atoms with E-state index >= 15 is 0 Å². The van der Waals surface area contributed by atoms with E-state index in [0.29, 0.717) is 6.04 Å². The Kier molecular flexibility index (Phi) is 4.61. The van der Waals surface area contributed by atoms with Gasteiger partial charge in [0.05, 0.1) is 5.52 Å². The van der Waals surface area contributed by atoms with Gasteiger partial charge in [0.1, 0.15) is 0 Å². The van der Waals surface area contributed by atoms with Crippen LogP contribution in [0.4, 0.5) is 0 Å². The van der Waals surface area contributed by atoms with Crippen molar-refractivity contribution in [3.05, 3.63) is 41.6 Å². The number of benzene rings is 1. The molecule has 0 saturated heterocycles. The number of aromatic nitrogens is 1. The maximum atomic E-state index is 4.54. The van der Waals surface area contributed by atoms with Gasteiger partial charge in [-0.3, -0.25) is 4.98 Å². The summed E-state index contributed by atoms with van der Waals surface area (Å²) >= 11 is 1.97. The maximum Gasteiger partial charge on any atom is 0.0705 e. The molecule has 0 aliphatic heterocycles. The van der Waals surface area contributed by atoms with Crippen molar-refractivity contribution < 1.29 is 0 Å². The maximum absolute atomic E-state index is 4.54. The third-order valence-electron chi connectivity index (χ3n) is 3.09. The van der Waals surface area contributed by atoms with Crippen molar-refractivity contribution >= 4 is 22.7 Å². The first-order valence-corrected chi connectivity index (χ1v) is 7.52. The molecule has 2 nitrogen and oxygen atoms in total. The Bertz CT molecular complexity index is 525. The normalized spacial score (nSPS) is 12.8. The average molecular weight is 260 g/mol. The highest BCUT2D eigenvalue weighted by atomic mass is 32.2. The fourth-order valence-electron chi connectivity index (χ4n) is 2.04. The van der Waals surface area contributed by atoms with E-state index in [0.717, 1.165) is 22.7 Å². The minimum Gasteiger partial charge on any atom is -0.312 e. The molecule has 0 bridgehead atoms. The molecule has 0 amide bonds. The van der Waals surface area contributed by atoms with Gasteiger partial charge in [0.15, 0.2) is 0 Å². The molecule has 0 saturated carbocycles. The van der Waals surface area contributed by atoms with Gasteiger partial charge in [-0.2, -0.15) is 11.8 Å². The smallest absolute Gasteiger partial charge is 0.0705 e. The van der Waals surface area contributed by atoms with E-state index in [2.05, 4.69) is 47.6 Å². The van der Waals surface area contributed by atoms with Gasteiger partial charge in [0, 0.05) is 22.9 Å². The topological polar surface area (TPSA) is 24.9 Å². The molecule has 2 aromatic rings. The first-order chi connectivity index (χ1) is 8.74. The van der Waals surface area contributed by atoms with Crippen molar-refractivity contribution in [3.8, 4) is 0 Å². The van der Waals surface area contributed by atoms with E-state index in [1.165, 1.54) is 10.9 Å². The van der Waals surface area contributed by atoms with Crippen molar-refractivity contribution in [3.63, 3.8) is 0 Å². The highest BCUT2D eigenvalue weighted by molar-refractivity contribution is 7.99. The van der Waals surface area contributed by atoms with Crippen LogP contribution in [0.5, 0.6) is 0 Å². The minimum atomic E-state index is 0.417. The lowest BCUT2D eigenvalue weighted by Gasteiger charge is -2.16. The van der Waals surface area contributed by atoms with Gasteiger partial charge in [-0.25, -0.2) is 0 Å². The summed E-state index contributed by atoms with van der Waals surface area (Å²) in [6, 6.07) is 11.2. The van der Waals surface area contributed by atoms with Gasteiger partial charge in [-0.15, -0.1) is 0 Å². The Morgan fingerprint density at radius 1 is 1.28 bits per heavy atom. The minimum absolute atomic E-state index is 0.417. The highest BCUT2D eigenvalue weighted by Gasteiger charge is 2.09. The zero-order valence-electron chi connectivity index (χ0n) is 11.2. The highest BCUT2D eigenvalue weighted by Crippen LogP contribution is 2.22. The molecule has 3 heteroatoms. The molecule has 0 aliphatic rings. The van der Waals surface area contributed by atoms with Crippen LogP contribution >= 0.6 is 11.8 Å². The summed E-state index contributed by atoms with van der Waals surface area (Å²) < 4.78 is 0. The Morgan fingerprint density at radius 3 is 2.83 bits per heavy atom.